The number of hydrogen-bond donors (Lipinski definition) is 1. The smallest absolute Gasteiger partial charge is 0.255 e. The highest BCUT2D eigenvalue weighted by molar-refractivity contribution is 7.07. The van der Waals surface area contributed by atoms with Crippen molar-refractivity contribution in [3.63, 3.8) is 0 Å². The van der Waals surface area contributed by atoms with E-state index in [4.69, 9.17) is 5.26 Å². The first-order valence-corrected chi connectivity index (χ1v) is 13.4. The second kappa shape index (κ2) is 11.4. The molecule has 7 heteroatoms. The van der Waals surface area contributed by atoms with Gasteiger partial charge in [-0.3, -0.25) is 9.69 Å². The van der Waals surface area contributed by atoms with Crippen molar-refractivity contribution in [2.45, 2.75) is 19.9 Å². The molecule has 1 saturated heterocycles. The number of nitriles is 1. The van der Waals surface area contributed by atoms with E-state index in [9.17, 15) is 4.79 Å². The molecule has 6 nitrogen and oxygen atoms in total. The van der Waals surface area contributed by atoms with Gasteiger partial charge in [0.2, 0.25) is 0 Å². The molecule has 2 aromatic heterocycles. The maximum atomic E-state index is 13.0. The molecule has 0 saturated carbocycles. The van der Waals surface area contributed by atoms with E-state index in [2.05, 4.69) is 43.0 Å². The Morgan fingerprint density at radius 3 is 2.65 bits per heavy atom. The zero-order chi connectivity index (χ0) is 25.6. The lowest BCUT2D eigenvalue weighted by Crippen LogP contribution is -2.30. The number of aryl methyl sites for hydroxylation is 1. The number of anilines is 2. The van der Waals surface area contributed by atoms with Gasteiger partial charge in [-0.25, -0.2) is 4.98 Å². The Bertz CT molecular complexity index is 1390. The van der Waals surface area contributed by atoms with Crippen molar-refractivity contribution in [1.82, 2.24) is 9.88 Å². The zero-order valence-corrected chi connectivity index (χ0v) is 21.7. The first-order chi connectivity index (χ1) is 18.1. The maximum Gasteiger partial charge on any atom is 0.255 e. The Balaban J connectivity index is 1.22. The van der Waals surface area contributed by atoms with Crippen LogP contribution in [0.4, 0.5) is 11.5 Å². The highest BCUT2D eigenvalue weighted by atomic mass is 32.1. The van der Waals surface area contributed by atoms with Gasteiger partial charge in [-0.05, 0) is 88.8 Å². The fourth-order valence-electron chi connectivity index (χ4n) is 4.65. The first kappa shape index (κ1) is 24.7. The van der Waals surface area contributed by atoms with Crippen molar-refractivity contribution in [3.8, 4) is 17.2 Å². The number of nitrogens with one attached hydrogen (secondary N) is 1. The van der Waals surface area contributed by atoms with E-state index in [1.807, 2.05) is 49.4 Å². The van der Waals surface area contributed by atoms with Gasteiger partial charge in [-0.2, -0.15) is 16.6 Å². The second-order valence-electron chi connectivity index (χ2n) is 9.33. The van der Waals surface area contributed by atoms with Crippen LogP contribution in [0.25, 0.3) is 11.1 Å². The maximum absolute atomic E-state index is 13.0. The standard InChI is InChI=1S/C30H29N5OS/c1-22-3-6-26(17-28(22)25-7-4-23(18-31)5-8-25)30(36)33-27-9-10-29(32-19-27)35-13-2-12-34(14-15-35)20-24-11-16-37-21-24/h3-11,16-17,19,21H,2,12-15,20H2,1H3,(H,33,36). The van der Waals surface area contributed by atoms with Gasteiger partial charge in [0.25, 0.3) is 5.91 Å². The lowest BCUT2D eigenvalue weighted by molar-refractivity contribution is 0.102. The summed E-state index contributed by atoms with van der Waals surface area (Å²) in [5.41, 5.74) is 6.26. The fraction of sp³-hybridized carbons (Fsp3) is 0.233. The van der Waals surface area contributed by atoms with Crippen LogP contribution in [0.3, 0.4) is 0 Å². The third kappa shape index (κ3) is 6.05. The van der Waals surface area contributed by atoms with Crippen LogP contribution in [0, 0.1) is 18.3 Å². The summed E-state index contributed by atoms with van der Waals surface area (Å²) >= 11 is 1.75. The molecule has 0 aliphatic carbocycles. The number of pyridine rings is 1. The van der Waals surface area contributed by atoms with E-state index < -0.39 is 0 Å². The third-order valence-corrected chi connectivity index (χ3v) is 7.46. The summed E-state index contributed by atoms with van der Waals surface area (Å²) in [6.45, 7) is 7.01. The van der Waals surface area contributed by atoms with Gasteiger partial charge in [0.1, 0.15) is 5.82 Å². The van der Waals surface area contributed by atoms with Crippen LogP contribution in [0.2, 0.25) is 0 Å². The molecule has 37 heavy (non-hydrogen) atoms. The van der Waals surface area contributed by atoms with Crippen molar-refractivity contribution < 1.29 is 4.79 Å². The second-order valence-corrected chi connectivity index (χ2v) is 10.1. The topological polar surface area (TPSA) is 72.3 Å². The molecular weight excluding hydrogens is 478 g/mol. The molecule has 0 atom stereocenters. The van der Waals surface area contributed by atoms with Gasteiger partial charge in [0.15, 0.2) is 0 Å². The predicted molar refractivity (Wildman–Crippen MR) is 150 cm³/mol. The van der Waals surface area contributed by atoms with Gasteiger partial charge in [-0.1, -0.05) is 18.2 Å². The molecule has 1 fully saturated rings. The summed E-state index contributed by atoms with van der Waals surface area (Å²) < 4.78 is 0. The van der Waals surface area contributed by atoms with Crippen LogP contribution in [0.15, 0.2) is 77.6 Å². The van der Waals surface area contributed by atoms with Crippen LogP contribution in [-0.4, -0.2) is 42.0 Å². The van der Waals surface area contributed by atoms with E-state index in [1.54, 1.807) is 29.7 Å². The van der Waals surface area contributed by atoms with Crippen LogP contribution in [0.1, 0.15) is 33.5 Å². The SMILES string of the molecule is Cc1ccc(C(=O)Nc2ccc(N3CCCN(Cc4ccsc4)CC3)nc2)cc1-c1ccc(C#N)cc1. The molecule has 1 aliphatic rings. The van der Waals surface area contributed by atoms with Crippen molar-refractivity contribution >= 4 is 28.7 Å². The molecule has 0 spiro atoms. The summed E-state index contributed by atoms with van der Waals surface area (Å²) in [4.78, 5) is 22.5. The summed E-state index contributed by atoms with van der Waals surface area (Å²) in [7, 11) is 0. The van der Waals surface area contributed by atoms with E-state index in [0.29, 0.717) is 16.8 Å². The van der Waals surface area contributed by atoms with E-state index in [0.717, 1.165) is 61.7 Å². The monoisotopic (exact) mass is 507 g/mol. The quantitative estimate of drug-likeness (QED) is 0.349. The van der Waals surface area contributed by atoms with Crippen LogP contribution in [0.5, 0.6) is 0 Å². The van der Waals surface area contributed by atoms with Crippen LogP contribution >= 0.6 is 11.3 Å². The van der Waals surface area contributed by atoms with Gasteiger partial charge >= 0.3 is 0 Å². The number of carbonyl (C=O) groups is 1. The lowest BCUT2D eigenvalue weighted by Gasteiger charge is -2.22. The summed E-state index contributed by atoms with van der Waals surface area (Å²) in [5.74, 6) is 0.761. The number of benzene rings is 2. The Labute approximate surface area is 221 Å². The molecule has 4 aromatic rings. The van der Waals surface area contributed by atoms with Crippen LogP contribution < -0.4 is 10.2 Å². The Kier molecular flexibility index (Phi) is 7.59. The van der Waals surface area contributed by atoms with Crippen molar-refractivity contribution in [2.75, 3.05) is 36.4 Å². The summed E-state index contributed by atoms with van der Waals surface area (Å²) in [6.07, 6.45) is 2.83. The molecule has 1 N–H and O–H groups in total. The van der Waals surface area contributed by atoms with Crippen LogP contribution in [-0.2, 0) is 6.54 Å². The van der Waals surface area contributed by atoms with E-state index in [-0.39, 0.29) is 5.91 Å². The molecule has 0 unspecified atom stereocenters. The van der Waals surface area contributed by atoms with Gasteiger partial charge in [-0.15, -0.1) is 0 Å². The minimum atomic E-state index is -0.178. The number of aromatic nitrogens is 1. The molecular formula is C30H29N5OS. The molecule has 1 aliphatic heterocycles. The lowest BCUT2D eigenvalue weighted by atomic mass is 9.97. The first-order valence-electron chi connectivity index (χ1n) is 12.5. The fourth-order valence-corrected chi connectivity index (χ4v) is 5.31. The zero-order valence-electron chi connectivity index (χ0n) is 20.9. The molecule has 0 bridgehead atoms. The number of nitrogens with zero attached hydrogens (tertiary/aromatic N) is 4. The Hall–Kier alpha value is -3.99. The molecule has 5 rings (SSSR count). The summed E-state index contributed by atoms with van der Waals surface area (Å²) in [5, 5.41) is 16.4. The molecule has 1 amide bonds. The molecule has 2 aromatic carbocycles. The number of carbonyl (C=O) groups excluding carboxylic acids is 1. The number of hydrogen-bond acceptors (Lipinski definition) is 6. The van der Waals surface area contributed by atoms with Crippen molar-refractivity contribution in [2.24, 2.45) is 0 Å². The van der Waals surface area contributed by atoms with E-state index >= 15 is 0 Å². The highest BCUT2D eigenvalue weighted by Crippen LogP contribution is 2.26. The van der Waals surface area contributed by atoms with Gasteiger partial charge in [0.05, 0.1) is 23.5 Å². The van der Waals surface area contributed by atoms with Crippen molar-refractivity contribution in [1.29, 1.82) is 5.26 Å². The average Bonchev–Trinajstić information content (AvgIpc) is 3.33. The van der Waals surface area contributed by atoms with Gasteiger partial charge < -0.3 is 10.2 Å². The normalized spacial score (nSPS) is 14.1. The molecule has 0 radical (unpaired) electrons. The highest BCUT2D eigenvalue weighted by Gasteiger charge is 2.17. The van der Waals surface area contributed by atoms with E-state index in [1.165, 1.54) is 5.56 Å². The largest absolute Gasteiger partial charge is 0.355 e. The molecule has 186 valence electrons. The minimum absolute atomic E-state index is 0.178. The number of thiophene rings is 1. The average molecular weight is 508 g/mol. The number of amides is 1. The Morgan fingerprint density at radius 2 is 1.92 bits per heavy atom. The third-order valence-electron chi connectivity index (χ3n) is 6.73. The van der Waals surface area contributed by atoms with Gasteiger partial charge in [0, 0.05) is 38.3 Å². The summed E-state index contributed by atoms with van der Waals surface area (Å²) in [6, 6.07) is 21.3. The van der Waals surface area contributed by atoms with Crippen molar-refractivity contribution in [3.05, 3.63) is 99.9 Å². The Morgan fingerprint density at radius 1 is 1.05 bits per heavy atom. The minimum Gasteiger partial charge on any atom is -0.355 e. The number of rotatable bonds is 6. The predicted octanol–water partition coefficient (Wildman–Crippen LogP) is 5.95. The molecule has 3 heterocycles.